The number of hydrogen-bond acceptors (Lipinski definition) is 3. The van der Waals surface area contributed by atoms with Gasteiger partial charge in [0.05, 0.1) is 11.7 Å². The largest absolute Gasteiger partial charge is 0.326 e. The van der Waals surface area contributed by atoms with Gasteiger partial charge in [0.25, 0.3) is 0 Å². The van der Waals surface area contributed by atoms with Gasteiger partial charge in [-0.3, -0.25) is 4.79 Å². The van der Waals surface area contributed by atoms with Gasteiger partial charge in [-0.15, -0.1) is 0 Å². The van der Waals surface area contributed by atoms with Crippen LogP contribution in [0.3, 0.4) is 0 Å². The molecule has 0 saturated carbocycles. The van der Waals surface area contributed by atoms with E-state index in [0.29, 0.717) is 25.1 Å². The lowest BCUT2D eigenvalue weighted by Crippen LogP contribution is -2.44. The molecule has 1 N–H and O–H groups in total. The van der Waals surface area contributed by atoms with Gasteiger partial charge >= 0.3 is 0 Å². The van der Waals surface area contributed by atoms with E-state index in [-0.39, 0.29) is 29.9 Å². The lowest BCUT2D eigenvalue weighted by Gasteiger charge is -2.30. The van der Waals surface area contributed by atoms with Crippen LogP contribution in [0.1, 0.15) is 19.8 Å². The van der Waals surface area contributed by atoms with Gasteiger partial charge < -0.3 is 5.32 Å². The van der Waals surface area contributed by atoms with E-state index in [9.17, 15) is 17.6 Å². The molecule has 0 bridgehead atoms. The van der Waals surface area contributed by atoms with Crippen LogP contribution >= 0.6 is 0 Å². The molecule has 5 nitrogen and oxygen atoms in total. The highest BCUT2D eigenvalue weighted by molar-refractivity contribution is 7.89. The van der Waals surface area contributed by atoms with Crippen LogP contribution in [0, 0.1) is 11.7 Å². The number of hydrogen-bond donors (Lipinski definition) is 1. The Kier molecular flexibility index (Phi) is 4.95. The fraction of sp³-hybridized carbons (Fsp3) is 0.500. The van der Waals surface area contributed by atoms with E-state index < -0.39 is 10.0 Å². The quantitative estimate of drug-likeness (QED) is 0.922. The molecule has 7 heteroatoms. The molecule has 1 fully saturated rings. The van der Waals surface area contributed by atoms with Crippen molar-refractivity contribution in [2.24, 2.45) is 5.92 Å². The van der Waals surface area contributed by atoms with E-state index >= 15 is 0 Å². The topological polar surface area (TPSA) is 66.5 Å². The Morgan fingerprint density at radius 2 is 2.05 bits per heavy atom. The Morgan fingerprint density at radius 3 is 2.67 bits per heavy atom. The third-order valence-corrected chi connectivity index (χ3v) is 5.47. The van der Waals surface area contributed by atoms with Gasteiger partial charge in [-0.1, -0.05) is 0 Å². The molecule has 0 radical (unpaired) electrons. The van der Waals surface area contributed by atoms with Gasteiger partial charge in [0.2, 0.25) is 15.9 Å². The summed E-state index contributed by atoms with van der Waals surface area (Å²) >= 11 is 0. The first-order valence-corrected chi connectivity index (χ1v) is 8.57. The van der Waals surface area contributed by atoms with E-state index in [0.717, 1.165) is 0 Å². The Morgan fingerprint density at radius 1 is 1.38 bits per heavy atom. The first kappa shape index (κ1) is 15.9. The summed E-state index contributed by atoms with van der Waals surface area (Å²) in [6.07, 6.45) is 1.32. The third-order valence-electron chi connectivity index (χ3n) is 3.62. The maximum atomic E-state index is 12.8. The molecule has 1 heterocycles. The molecule has 1 amide bonds. The number of piperidine rings is 1. The van der Waals surface area contributed by atoms with E-state index in [1.165, 1.54) is 28.6 Å². The summed E-state index contributed by atoms with van der Waals surface area (Å²) in [5, 5.41) is 2.70. The van der Waals surface area contributed by atoms with Gasteiger partial charge in [-0.2, -0.15) is 0 Å². The van der Waals surface area contributed by atoms with Gasteiger partial charge in [0.1, 0.15) is 5.82 Å². The van der Waals surface area contributed by atoms with Crippen molar-refractivity contribution in [1.29, 1.82) is 0 Å². The van der Waals surface area contributed by atoms with Crippen molar-refractivity contribution in [3.63, 3.8) is 0 Å². The first-order chi connectivity index (χ1) is 9.92. The normalized spacial score (nSPS) is 20.2. The highest BCUT2D eigenvalue weighted by Gasteiger charge is 2.31. The first-order valence-electron chi connectivity index (χ1n) is 6.96. The summed E-state index contributed by atoms with van der Waals surface area (Å²) in [7, 11) is -3.26. The van der Waals surface area contributed by atoms with Crippen molar-refractivity contribution < 1.29 is 17.6 Å². The van der Waals surface area contributed by atoms with Crippen LogP contribution in [0.25, 0.3) is 0 Å². The van der Waals surface area contributed by atoms with Crippen molar-refractivity contribution in [1.82, 2.24) is 4.31 Å². The average molecular weight is 314 g/mol. The Labute approximate surface area is 124 Å². The zero-order chi connectivity index (χ0) is 15.5. The van der Waals surface area contributed by atoms with Gasteiger partial charge in [0.15, 0.2) is 0 Å². The van der Waals surface area contributed by atoms with Crippen LogP contribution in [0.2, 0.25) is 0 Å². The molecule has 1 aliphatic rings. The molecule has 1 aliphatic heterocycles. The highest BCUT2D eigenvalue weighted by atomic mass is 32.2. The predicted octanol–water partition coefficient (Wildman–Crippen LogP) is 1.83. The number of sulfonamides is 1. The van der Waals surface area contributed by atoms with Crippen molar-refractivity contribution in [3.8, 4) is 0 Å². The molecule has 0 aromatic heterocycles. The van der Waals surface area contributed by atoms with Gasteiger partial charge in [0, 0.05) is 18.8 Å². The number of nitrogens with zero attached hydrogens (tertiary/aromatic N) is 1. The SMILES string of the molecule is CCS(=O)(=O)N1CCC[C@@H](C(=O)Nc2ccc(F)cc2)C1. The number of benzene rings is 1. The highest BCUT2D eigenvalue weighted by Crippen LogP contribution is 2.21. The third kappa shape index (κ3) is 4.01. The summed E-state index contributed by atoms with van der Waals surface area (Å²) in [5.74, 6) is -0.923. The smallest absolute Gasteiger partial charge is 0.228 e. The molecule has 0 unspecified atom stereocenters. The zero-order valence-electron chi connectivity index (χ0n) is 11.9. The molecular weight excluding hydrogens is 295 g/mol. The van der Waals surface area contributed by atoms with Crippen LogP contribution < -0.4 is 5.32 Å². The van der Waals surface area contributed by atoms with Crippen LogP contribution in [-0.4, -0.2) is 37.5 Å². The molecule has 2 rings (SSSR count). The number of halogens is 1. The molecule has 0 spiro atoms. The lowest BCUT2D eigenvalue weighted by molar-refractivity contribution is -0.120. The van der Waals surface area contributed by atoms with Crippen molar-refractivity contribution in [2.45, 2.75) is 19.8 Å². The number of anilines is 1. The summed E-state index contributed by atoms with van der Waals surface area (Å²) < 4.78 is 37.9. The van der Waals surface area contributed by atoms with Crippen molar-refractivity contribution in [3.05, 3.63) is 30.1 Å². The van der Waals surface area contributed by atoms with Gasteiger partial charge in [-0.25, -0.2) is 17.1 Å². The van der Waals surface area contributed by atoms with Crippen molar-refractivity contribution in [2.75, 3.05) is 24.2 Å². The molecule has 1 saturated heterocycles. The van der Waals surface area contributed by atoms with E-state index in [4.69, 9.17) is 0 Å². The molecule has 1 atom stereocenters. The minimum atomic E-state index is -3.26. The maximum Gasteiger partial charge on any atom is 0.228 e. The Hall–Kier alpha value is -1.47. The summed E-state index contributed by atoms with van der Waals surface area (Å²) in [5.41, 5.74) is 0.511. The van der Waals surface area contributed by atoms with E-state index in [1.807, 2.05) is 0 Å². The fourth-order valence-corrected chi connectivity index (χ4v) is 3.55. The zero-order valence-corrected chi connectivity index (χ0v) is 12.7. The van der Waals surface area contributed by atoms with E-state index in [2.05, 4.69) is 5.32 Å². The standard InChI is InChI=1S/C14H19FN2O3S/c1-2-21(19,20)17-9-3-4-11(10-17)14(18)16-13-7-5-12(15)6-8-13/h5-8,11H,2-4,9-10H2,1H3,(H,16,18)/t11-/m1/s1. The molecule has 1 aromatic rings. The van der Waals surface area contributed by atoms with Crippen LogP contribution in [0.15, 0.2) is 24.3 Å². The van der Waals surface area contributed by atoms with Crippen LogP contribution in [-0.2, 0) is 14.8 Å². The minimum Gasteiger partial charge on any atom is -0.326 e. The number of nitrogens with one attached hydrogen (secondary N) is 1. The average Bonchev–Trinajstić information content (AvgIpc) is 2.49. The number of amides is 1. The Bertz CT molecular complexity index is 601. The number of rotatable bonds is 4. The van der Waals surface area contributed by atoms with E-state index in [1.54, 1.807) is 6.92 Å². The van der Waals surface area contributed by atoms with Crippen molar-refractivity contribution >= 4 is 21.6 Å². The summed E-state index contributed by atoms with van der Waals surface area (Å²) in [4.78, 5) is 12.2. The monoisotopic (exact) mass is 314 g/mol. The second-order valence-electron chi connectivity index (χ2n) is 5.09. The second kappa shape index (κ2) is 6.53. The molecule has 21 heavy (non-hydrogen) atoms. The minimum absolute atomic E-state index is 0.0410. The number of carbonyl (C=O) groups is 1. The summed E-state index contributed by atoms with van der Waals surface area (Å²) in [6, 6.07) is 5.50. The van der Waals surface area contributed by atoms with Gasteiger partial charge in [-0.05, 0) is 44.0 Å². The fourth-order valence-electron chi connectivity index (χ4n) is 2.37. The number of carbonyl (C=O) groups excluding carboxylic acids is 1. The second-order valence-corrected chi connectivity index (χ2v) is 7.35. The van der Waals surface area contributed by atoms with Crippen LogP contribution in [0.5, 0.6) is 0 Å². The summed E-state index contributed by atoms with van der Waals surface area (Å²) in [6.45, 7) is 2.28. The molecule has 0 aliphatic carbocycles. The maximum absolute atomic E-state index is 12.8. The lowest BCUT2D eigenvalue weighted by atomic mass is 9.99. The molecular formula is C14H19FN2O3S. The predicted molar refractivity (Wildman–Crippen MR) is 78.8 cm³/mol. The Balaban J connectivity index is 2.01. The van der Waals surface area contributed by atoms with Crippen LogP contribution in [0.4, 0.5) is 10.1 Å². The molecule has 1 aromatic carbocycles. The molecule has 116 valence electrons.